The first-order chi connectivity index (χ1) is 8.89. The monoisotopic (exact) mass is 260 g/mol. The van der Waals surface area contributed by atoms with Gasteiger partial charge in [0, 0.05) is 18.8 Å². The molecule has 0 bridgehead atoms. The predicted octanol–water partition coefficient (Wildman–Crippen LogP) is 3.17. The zero-order chi connectivity index (χ0) is 14.0. The van der Waals surface area contributed by atoms with Crippen LogP contribution in [0.4, 0.5) is 5.69 Å². The van der Waals surface area contributed by atoms with Crippen LogP contribution in [0.15, 0.2) is 24.3 Å². The van der Waals surface area contributed by atoms with Gasteiger partial charge in [-0.15, -0.1) is 0 Å². The number of anilines is 1. The van der Waals surface area contributed by atoms with E-state index in [0.29, 0.717) is 22.6 Å². The Labute approximate surface area is 115 Å². The highest BCUT2D eigenvalue weighted by Crippen LogP contribution is 2.34. The minimum absolute atomic E-state index is 0.0745. The molecule has 1 aliphatic heterocycles. The molecule has 1 amide bonds. The number of para-hydroxylation sites is 1. The molecule has 1 aromatic carbocycles. The first kappa shape index (κ1) is 13.9. The number of carbonyl (C=O) groups excluding carboxylic acids is 1. The van der Waals surface area contributed by atoms with Crippen molar-refractivity contribution < 1.29 is 4.79 Å². The normalized spacial score (nSPS) is 17.5. The maximum Gasteiger partial charge on any atom is 0.255 e. The summed E-state index contributed by atoms with van der Waals surface area (Å²) in [7, 11) is 0. The van der Waals surface area contributed by atoms with Crippen molar-refractivity contribution in [3.8, 4) is 0 Å². The Morgan fingerprint density at radius 1 is 1.21 bits per heavy atom. The Hall–Kier alpha value is -1.51. The number of nitrogens with zero attached hydrogens (tertiary/aromatic N) is 1. The molecule has 19 heavy (non-hydrogen) atoms. The molecular formula is C16H24N2O. The molecule has 3 nitrogen and oxygen atoms in total. The fourth-order valence-electron chi connectivity index (χ4n) is 2.81. The fourth-order valence-corrected chi connectivity index (χ4v) is 2.81. The third kappa shape index (κ3) is 3.09. The number of hydrogen-bond donors (Lipinski definition) is 1. The Morgan fingerprint density at radius 2 is 1.79 bits per heavy atom. The Bertz CT molecular complexity index is 454. The molecule has 0 radical (unpaired) electrons. The number of amides is 1. The smallest absolute Gasteiger partial charge is 0.255 e. The van der Waals surface area contributed by atoms with Crippen molar-refractivity contribution in [3.63, 3.8) is 0 Å². The van der Waals surface area contributed by atoms with Gasteiger partial charge < -0.3 is 10.6 Å². The van der Waals surface area contributed by atoms with Gasteiger partial charge in [0.1, 0.15) is 0 Å². The molecule has 0 atom stereocenters. The fraction of sp³-hybridized carbons (Fsp3) is 0.562. The number of likely N-dealkylation sites (tertiary alicyclic amines) is 1. The van der Waals surface area contributed by atoms with Crippen molar-refractivity contribution in [2.24, 2.45) is 11.3 Å². The average Bonchev–Trinajstić information content (AvgIpc) is 2.38. The molecule has 2 rings (SSSR count). The molecular weight excluding hydrogens is 236 g/mol. The van der Waals surface area contributed by atoms with Crippen molar-refractivity contribution >= 4 is 11.6 Å². The first-order valence-electron chi connectivity index (χ1n) is 7.03. The molecule has 1 aromatic rings. The van der Waals surface area contributed by atoms with E-state index < -0.39 is 0 Å². The average molecular weight is 260 g/mol. The maximum absolute atomic E-state index is 12.4. The van der Waals surface area contributed by atoms with Gasteiger partial charge in [-0.05, 0) is 36.3 Å². The van der Waals surface area contributed by atoms with Gasteiger partial charge in [0.2, 0.25) is 0 Å². The number of hydrogen-bond acceptors (Lipinski definition) is 2. The maximum atomic E-state index is 12.4. The molecule has 1 saturated heterocycles. The van der Waals surface area contributed by atoms with Crippen molar-refractivity contribution in [1.82, 2.24) is 4.90 Å². The van der Waals surface area contributed by atoms with Crippen molar-refractivity contribution in [2.75, 3.05) is 18.8 Å². The highest BCUT2D eigenvalue weighted by Gasteiger charge is 2.30. The SMILES string of the molecule is CC(C)(C)C1CCN(C(=O)c2ccccc2N)CC1. The zero-order valence-electron chi connectivity index (χ0n) is 12.1. The molecule has 0 aliphatic carbocycles. The van der Waals surface area contributed by atoms with Gasteiger partial charge in [-0.3, -0.25) is 4.79 Å². The summed E-state index contributed by atoms with van der Waals surface area (Å²) in [5.41, 5.74) is 7.42. The first-order valence-corrected chi connectivity index (χ1v) is 7.03. The highest BCUT2D eigenvalue weighted by atomic mass is 16.2. The van der Waals surface area contributed by atoms with Crippen LogP contribution in [0.1, 0.15) is 44.0 Å². The lowest BCUT2D eigenvalue weighted by Crippen LogP contribution is -2.41. The second-order valence-corrected chi connectivity index (χ2v) is 6.52. The summed E-state index contributed by atoms with van der Waals surface area (Å²) in [6.07, 6.45) is 2.17. The summed E-state index contributed by atoms with van der Waals surface area (Å²) in [6, 6.07) is 7.33. The molecule has 104 valence electrons. The van der Waals surface area contributed by atoms with Crippen LogP contribution in [0, 0.1) is 11.3 Å². The topological polar surface area (TPSA) is 46.3 Å². The van der Waals surface area contributed by atoms with Crippen LogP contribution >= 0.6 is 0 Å². The largest absolute Gasteiger partial charge is 0.398 e. The molecule has 0 aromatic heterocycles. The lowest BCUT2D eigenvalue weighted by atomic mass is 9.75. The Morgan fingerprint density at radius 3 is 2.32 bits per heavy atom. The molecule has 2 N–H and O–H groups in total. The van der Waals surface area contributed by atoms with Crippen LogP contribution in [-0.2, 0) is 0 Å². The Kier molecular flexibility index (Phi) is 3.83. The third-order valence-corrected chi connectivity index (χ3v) is 4.20. The van der Waals surface area contributed by atoms with Gasteiger partial charge in [0.15, 0.2) is 0 Å². The van der Waals surface area contributed by atoms with Crippen LogP contribution in [0.25, 0.3) is 0 Å². The minimum atomic E-state index is 0.0745. The number of nitrogen functional groups attached to an aromatic ring is 1. The van der Waals surface area contributed by atoms with Gasteiger partial charge >= 0.3 is 0 Å². The standard InChI is InChI=1S/C16H24N2O/c1-16(2,3)12-8-10-18(11-9-12)15(19)13-6-4-5-7-14(13)17/h4-7,12H,8-11,17H2,1-3H3. The number of rotatable bonds is 1. The van der Waals surface area contributed by atoms with Gasteiger partial charge in [-0.25, -0.2) is 0 Å². The summed E-state index contributed by atoms with van der Waals surface area (Å²) < 4.78 is 0. The Balaban J connectivity index is 2.03. The minimum Gasteiger partial charge on any atom is -0.398 e. The summed E-state index contributed by atoms with van der Waals surface area (Å²) >= 11 is 0. The molecule has 1 aliphatic rings. The number of piperidine rings is 1. The highest BCUT2D eigenvalue weighted by molar-refractivity contribution is 5.99. The number of benzene rings is 1. The van der Waals surface area contributed by atoms with Gasteiger partial charge in [-0.1, -0.05) is 32.9 Å². The van der Waals surface area contributed by atoms with E-state index in [9.17, 15) is 4.79 Å². The summed E-state index contributed by atoms with van der Waals surface area (Å²) in [5.74, 6) is 0.773. The van der Waals surface area contributed by atoms with Crippen molar-refractivity contribution in [2.45, 2.75) is 33.6 Å². The van der Waals surface area contributed by atoms with Crippen LogP contribution in [-0.4, -0.2) is 23.9 Å². The van der Waals surface area contributed by atoms with Crippen LogP contribution in [0.3, 0.4) is 0 Å². The van der Waals surface area contributed by atoms with E-state index in [1.165, 1.54) is 0 Å². The van der Waals surface area contributed by atoms with E-state index in [1.807, 2.05) is 23.1 Å². The number of nitrogens with two attached hydrogens (primary N) is 1. The van der Waals surface area contributed by atoms with Crippen molar-refractivity contribution in [1.29, 1.82) is 0 Å². The van der Waals surface area contributed by atoms with E-state index in [2.05, 4.69) is 20.8 Å². The van der Waals surface area contributed by atoms with Gasteiger partial charge in [0.05, 0.1) is 5.56 Å². The lowest BCUT2D eigenvalue weighted by molar-refractivity contribution is 0.0610. The van der Waals surface area contributed by atoms with Crippen molar-refractivity contribution in [3.05, 3.63) is 29.8 Å². The van der Waals surface area contributed by atoms with Crippen LogP contribution < -0.4 is 5.73 Å². The number of carbonyl (C=O) groups is 1. The summed E-state index contributed by atoms with van der Waals surface area (Å²) in [6.45, 7) is 8.53. The quantitative estimate of drug-likeness (QED) is 0.788. The second-order valence-electron chi connectivity index (χ2n) is 6.52. The molecule has 0 spiro atoms. The molecule has 1 heterocycles. The molecule has 3 heteroatoms. The molecule has 1 fully saturated rings. The summed E-state index contributed by atoms with van der Waals surface area (Å²) in [4.78, 5) is 14.4. The lowest BCUT2D eigenvalue weighted by Gasteiger charge is -2.38. The van der Waals surface area contributed by atoms with Crippen LogP contribution in [0.5, 0.6) is 0 Å². The van der Waals surface area contributed by atoms with Gasteiger partial charge in [0.25, 0.3) is 5.91 Å². The van der Waals surface area contributed by atoms with E-state index in [0.717, 1.165) is 25.9 Å². The molecule has 0 unspecified atom stereocenters. The van der Waals surface area contributed by atoms with E-state index in [1.54, 1.807) is 6.07 Å². The van der Waals surface area contributed by atoms with Crippen LogP contribution in [0.2, 0.25) is 0 Å². The van der Waals surface area contributed by atoms with E-state index in [-0.39, 0.29) is 5.91 Å². The summed E-state index contributed by atoms with van der Waals surface area (Å²) in [5, 5.41) is 0. The molecule has 0 saturated carbocycles. The third-order valence-electron chi connectivity index (χ3n) is 4.20. The van der Waals surface area contributed by atoms with E-state index >= 15 is 0 Å². The predicted molar refractivity (Wildman–Crippen MR) is 78.9 cm³/mol. The van der Waals surface area contributed by atoms with Gasteiger partial charge in [-0.2, -0.15) is 0 Å². The van der Waals surface area contributed by atoms with E-state index in [4.69, 9.17) is 5.73 Å². The second kappa shape index (κ2) is 5.24. The zero-order valence-corrected chi connectivity index (χ0v) is 12.1.